The Bertz CT molecular complexity index is 396. The molecule has 0 heterocycles. The van der Waals surface area contributed by atoms with Crippen LogP contribution < -0.4 is 11.1 Å². The van der Waals surface area contributed by atoms with Crippen molar-refractivity contribution in [3.8, 4) is 6.07 Å². The van der Waals surface area contributed by atoms with E-state index in [4.69, 9.17) is 16.1 Å². The number of hydrogen-bond donors (Lipinski definition) is 3. The van der Waals surface area contributed by atoms with Crippen molar-refractivity contribution in [1.82, 2.24) is 0 Å². The fourth-order valence-electron chi connectivity index (χ4n) is 0.988. The highest BCUT2D eigenvalue weighted by atomic mass is 16.4. The summed E-state index contributed by atoms with van der Waals surface area (Å²) in [6, 6.07) is 6.74. The lowest BCUT2D eigenvalue weighted by atomic mass is 10.1. The number of nitrogen functional groups attached to an aromatic ring is 1. The summed E-state index contributed by atoms with van der Waals surface area (Å²) in [7, 11) is 0. The third kappa shape index (κ3) is 2.14. The van der Waals surface area contributed by atoms with Crippen molar-refractivity contribution in [1.29, 1.82) is 5.26 Å². The number of aliphatic carboxylic acids is 1. The summed E-state index contributed by atoms with van der Waals surface area (Å²) in [5, 5.41) is 19.7. The van der Waals surface area contributed by atoms with E-state index in [2.05, 4.69) is 5.32 Å². The van der Waals surface area contributed by atoms with E-state index >= 15 is 0 Å². The number of anilines is 2. The number of carbonyl (C=O) groups is 1. The lowest BCUT2D eigenvalue weighted by molar-refractivity contribution is -0.134. The molecule has 1 aromatic rings. The maximum atomic E-state index is 10.3. The van der Waals surface area contributed by atoms with Crippen LogP contribution in [0, 0.1) is 11.3 Å². The Kier molecular flexibility index (Phi) is 2.92. The van der Waals surface area contributed by atoms with Gasteiger partial charge in [0.25, 0.3) is 0 Å². The van der Waals surface area contributed by atoms with Gasteiger partial charge in [-0.25, -0.2) is 0 Å². The average molecular weight is 191 g/mol. The largest absolute Gasteiger partial charge is 0.480 e. The van der Waals surface area contributed by atoms with Crippen LogP contribution in [0.5, 0.6) is 0 Å². The minimum Gasteiger partial charge on any atom is -0.480 e. The number of benzene rings is 1. The van der Waals surface area contributed by atoms with E-state index in [9.17, 15) is 4.79 Å². The maximum Gasteiger partial charge on any atom is 0.322 e. The Morgan fingerprint density at radius 2 is 2.36 bits per heavy atom. The minimum atomic E-state index is -0.980. The summed E-state index contributed by atoms with van der Waals surface area (Å²) in [5.41, 5.74) is 6.67. The fourth-order valence-corrected chi connectivity index (χ4v) is 0.988. The van der Waals surface area contributed by atoms with Crippen LogP contribution in [-0.2, 0) is 4.79 Å². The van der Waals surface area contributed by atoms with E-state index in [0.29, 0.717) is 11.3 Å². The molecular formula is C9H9N3O2. The van der Waals surface area contributed by atoms with Gasteiger partial charge in [-0.1, -0.05) is 6.07 Å². The zero-order valence-electron chi connectivity index (χ0n) is 7.32. The molecule has 0 unspecified atom stereocenters. The molecule has 0 fully saturated rings. The van der Waals surface area contributed by atoms with E-state index in [0.717, 1.165) is 0 Å². The number of para-hydroxylation sites is 1. The van der Waals surface area contributed by atoms with Crippen LogP contribution >= 0.6 is 0 Å². The summed E-state index contributed by atoms with van der Waals surface area (Å²) in [5.74, 6) is -0.980. The predicted octanol–water partition coefficient (Wildman–Crippen LogP) is 0.637. The second kappa shape index (κ2) is 4.14. The normalized spacial score (nSPS) is 9.07. The Balaban J connectivity index is 2.88. The molecule has 72 valence electrons. The molecule has 0 aromatic heterocycles. The highest BCUT2D eigenvalue weighted by molar-refractivity contribution is 5.78. The third-order valence-corrected chi connectivity index (χ3v) is 1.66. The van der Waals surface area contributed by atoms with Crippen molar-refractivity contribution in [2.45, 2.75) is 0 Å². The molecule has 0 saturated heterocycles. The zero-order chi connectivity index (χ0) is 10.6. The second-order valence-corrected chi connectivity index (χ2v) is 2.63. The van der Waals surface area contributed by atoms with Gasteiger partial charge in [-0.15, -0.1) is 0 Å². The smallest absolute Gasteiger partial charge is 0.322 e. The highest BCUT2D eigenvalue weighted by Gasteiger charge is 2.04. The van der Waals surface area contributed by atoms with Crippen LogP contribution in [0.3, 0.4) is 0 Å². The lowest BCUT2D eigenvalue weighted by Crippen LogP contribution is -2.13. The van der Waals surface area contributed by atoms with Crippen molar-refractivity contribution in [2.75, 3.05) is 17.6 Å². The van der Waals surface area contributed by atoms with Crippen molar-refractivity contribution < 1.29 is 9.90 Å². The Morgan fingerprint density at radius 3 is 2.93 bits per heavy atom. The highest BCUT2D eigenvalue weighted by Crippen LogP contribution is 2.21. The van der Waals surface area contributed by atoms with Crippen molar-refractivity contribution in [3.63, 3.8) is 0 Å². The molecule has 14 heavy (non-hydrogen) atoms. The first-order chi connectivity index (χ1) is 6.65. The molecule has 1 aromatic carbocycles. The van der Waals surface area contributed by atoms with Crippen LogP contribution in [0.15, 0.2) is 18.2 Å². The van der Waals surface area contributed by atoms with Crippen molar-refractivity contribution in [3.05, 3.63) is 23.8 Å². The molecule has 5 nitrogen and oxygen atoms in total. The van der Waals surface area contributed by atoms with Gasteiger partial charge >= 0.3 is 5.97 Å². The minimum absolute atomic E-state index is 0.223. The van der Waals surface area contributed by atoms with Gasteiger partial charge in [-0.2, -0.15) is 5.26 Å². The number of hydrogen-bond acceptors (Lipinski definition) is 4. The summed E-state index contributed by atoms with van der Waals surface area (Å²) in [6.07, 6.45) is 0. The third-order valence-electron chi connectivity index (χ3n) is 1.66. The molecule has 4 N–H and O–H groups in total. The van der Waals surface area contributed by atoms with Gasteiger partial charge in [-0.05, 0) is 12.1 Å². The van der Waals surface area contributed by atoms with Gasteiger partial charge in [0.1, 0.15) is 12.6 Å². The number of nitriles is 1. The first-order valence-corrected chi connectivity index (χ1v) is 3.89. The number of carboxylic acids is 1. The maximum absolute atomic E-state index is 10.3. The van der Waals surface area contributed by atoms with Gasteiger partial charge in [0.2, 0.25) is 0 Å². The van der Waals surface area contributed by atoms with Gasteiger partial charge in [0.05, 0.1) is 16.9 Å². The first kappa shape index (κ1) is 9.86. The van der Waals surface area contributed by atoms with Crippen LogP contribution in [0.4, 0.5) is 11.4 Å². The first-order valence-electron chi connectivity index (χ1n) is 3.89. The number of carboxylic acid groups (broad SMARTS) is 1. The molecule has 0 radical (unpaired) electrons. The van der Waals surface area contributed by atoms with Gasteiger partial charge in [0, 0.05) is 0 Å². The molecule has 0 amide bonds. The molecular weight excluding hydrogens is 182 g/mol. The molecule has 0 aliphatic carbocycles. The predicted molar refractivity (Wildman–Crippen MR) is 51.7 cm³/mol. The van der Waals surface area contributed by atoms with Crippen molar-refractivity contribution >= 4 is 17.3 Å². The Hall–Kier alpha value is -2.22. The molecule has 0 aliphatic rings. The number of rotatable bonds is 3. The Morgan fingerprint density at radius 1 is 1.64 bits per heavy atom. The van der Waals surface area contributed by atoms with Crippen LogP contribution in [0.2, 0.25) is 0 Å². The van der Waals surface area contributed by atoms with E-state index in [1.165, 1.54) is 0 Å². The van der Waals surface area contributed by atoms with E-state index in [1.54, 1.807) is 18.2 Å². The van der Waals surface area contributed by atoms with Gasteiger partial charge < -0.3 is 16.2 Å². The molecule has 0 atom stereocenters. The second-order valence-electron chi connectivity index (χ2n) is 2.63. The molecule has 0 aliphatic heterocycles. The van der Waals surface area contributed by atoms with E-state index < -0.39 is 5.97 Å². The standard InChI is InChI=1S/C9H9N3O2/c10-4-6-2-1-3-7(9(6)11)12-5-8(13)14/h1-3,12H,5,11H2,(H,13,14). The van der Waals surface area contributed by atoms with E-state index in [-0.39, 0.29) is 12.2 Å². The van der Waals surface area contributed by atoms with E-state index in [1.807, 2.05) is 6.07 Å². The molecule has 0 bridgehead atoms. The summed E-state index contributed by atoms with van der Waals surface area (Å²) < 4.78 is 0. The number of nitrogens with zero attached hydrogens (tertiary/aromatic N) is 1. The van der Waals surface area contributed by atoms with Crippen LogP contribution in [-0.4, -0.2) is 17.6 Å². The van der Waals surface area contributed by atoms with Crippen LogP contribution in [0.1, 0.15) is 5.56 Å². The van der Waals surface area contributed by atoms with Crippen molar-refractivity contribution in [2.24, 2.45) is 0 Å². The number of nitrogens with one attached hydrogen (secondary N) is 1. The topological polar surface area (TPSA) is 99.1 Å². The zero-order valence-corrected chi connectivity index (χ0v) is 7.32. The number of nitrogens with two attached hydrogens (primary N) is 1. The monoisotopic (exact) mass is 191 g/mol. The quantitative estimate of drug-likeness (QED) is 0.609. The molecule has 5 heteroatoms. The SMILES string of the molecule is N#Cc1cccc(NCC(=O)O)c1N. The summed E-state index contributed by atoms with van der Waals surface area (Å²) in [4.78, 5) is 10.3. The van der Waals surface area contributed by atoms with Gasteiger partial charge in [-0.3, -0.25) is 4.79 Å². The van der Waals surface area contributed by atoms with Crippen LogP contribution in [0.25, 0.3) is 0 Å². The Labute approximate surface area is 80.8 Å². The van der Waals surface area contributed by atoms with Gasteiger partial charge in [0.15, 0.2) is 0 Å². The average Bonchev–Trinajstić information content (AvgIpc) is 2.16. The summed E-state index contributed by atoms with van der Waals surface area (Å²) >= 11 is 0. The molecule has 0 saturated carbocycles. The summed E-state index contributed by atoms with van der Waals surface area (Å²) in [6.45, 7) is -0.223. The molecule has 1 rings (SSSR count). The fraction of sp³-hybridized carbons (Fsp3) is 0.111. The lowest BCUT2D eigenvalue weighted by Gasteiger charge is -2.07. The molecule has 0 spiro atoms.